The van der Waals surface area contributed by atoms with Crippen LogP contribution in [0.1, 0.15) is 36.5 Å². The number of aromatic nitrogens is 1. The number of anilines is 1. The Labute approximate surface area is 228 Å². The van der Waals surface area contributed by atoms with E-state index in [0.29, 0.717) is 38.0 Å². The van der Waals surface area contributed by atoms with Crippen molar-refractivity contribution in [3.63, 3.8) is 0 Å². The monoisotopic (exact) mass is 555 g/mol. The number of nitrogens with one attached hydrogen (secondary N) is 1. The van der Waals surface area contributed by atoms with E-state index < -0.39 is 28.1 Å². The Morgan fingerprint density at radius 2 is 1.85 bits per heavy atom. The first-order valence-corrected chi connectivity index (χ1v) is 14.7. The van der Waals surface area contributed by atoms with Crippen molar-refractivity contribution in [2.45, 2.75) is 49.3 Å². The number of ether oxygens (including phenoxy) is 1. The standard InChI is InChI=1S/C27H33N5O6S/c1-2-5-21(29-26(34)19-7-9-20(10-8-19)30-14-16-38-17-15-30)27(35)31-13-11-22-25(31)23(33)18-32(22)39(36,37)24-6-3-4-12-28-24/h3-4,6-10,12,21-22,25H,2,5,11,13-18H2,1H3,(H,29,34). The van der Waals surface area contributed by atoms with Crippen molar-refractivity contribution in [1.82, 2.24) is 19.5 Å². The van der Waals surface area contributed by atoms with Gasteiger partial charge in [-0.05, 0) is 49.2 Å². The Hall–Kier alpha value is -3.35. The molecule has 0 bridgehead atoms. The van der Waals surface area contributed by atoms with Gasteiger partial charge in [-0.1, -0.05) is 19.4 Å². The van der Waals surface area contributed by atoms with Gasteiger partial charge in [-0.25, -0.2) is 13.4 Å². The second kappa shape index (κ2) is 11.4. The molecule has 3 atom stereocenters. The highest BCUT2D eigenvalue weighted by Gasteiger charge is 2.54. The lowest BCUT2D eigenvalue weighted by Crippen LogP contribution is -2.52. The van der Waals surface area contributed by atoms with Gasteiger partial charge in [0.25, 0.3) is 15.9 Å². The molecule has 39 heavy (non-hydrogen) atoms. The summed E-state index contributed by atoms with van der Waals surface area (Å²) in [6.07, 6.45) is 2.77. The Bertz CT molecular complexity index is 1310. The Kier molecular flexibility index (Phi) is 7.96. The van der Waals surface area contributed by atoms with E-state index in [-0.39, 0.29) is 35.7 Å². The number of hydrogen-bond donors (Lipinski definition) is 1. The molecule has 1 aromatic heterocycles. The molecule has 11 nitrogen and oxygen atoms in total. The van der Waals surface area contributed by atoms with E-state index >= 15 is 0 Å². The van der Waals surface area contributed by atoms with Crippen LogP contribution in [0.25, 0.3) is 0 Å². The van der Waals surface area contributed by atoms with Crippen molar-refractivity contribution in [3.05, 3.63) is 54.2 Å². The van der Waals surface area contributed by atoms with Crippen LogP contribution >= 0.6 is 0 Å². The molecule has 3 aliphatic rings. The van der Waals surface area contributed by atoms with Gasteiger partial charge in [0.1, 0.15) is 12.1 Å². The number of amides is 2. The SMILES string of the molecule is CCCC(NC(=O)c1ccc(N2CCOCC2)cc1)C(=O)N1CCC2C1C(=O)CN2S(=O)(=O)c1ccccn1. The molecule has 1 aromatic carbocycles. The molecule has 3 fully saturated rings. The maximum absolute atomic E-state index is 13.6. The summed E-state index contributed by atoms with van der Waals surface area (Å²) in [5.74, 6) is -1.07. The van der Waals surface area contributed by atoms with Crippen molar-refractivity contribution in [2.75, 3.05) is 44.3 Å². The van der Waals surface area contributed by atoms with E-state index in [4.69, 9.17) is 4.74 Å². The second-order valence-corrected chi connectivity index (χ2v) is 11.8. The molecule has 5 rings (SSSR count). The normalized spacial score (nSPS) is 22.5. The number of hydrogen-bond acceptors (Lipinski definition) is 8. The molecule has 2 aromatic rings. The summed E-state index contributed by atoms with van der Waals surface area (Å²) >= 11 is 0. The topological polar surface area (TPSA) is 129 Å². The van der Waals surface area contributed by atoms with Crippen LogP contribution < -0.4 is 10.2 Å². The van der Waals surface area contributed by atoms with Crippen LogP contribution in [0, 0.1) is 0 Å². The molecule has 0 saturated carbocycles. The Morgan fingerprint density at radius 3 is 2.51 bits per heavy atom. The number of carbonyl (C=O) groups is 3. The predicted octanol–water partition coefficient (Wildman–Crippen LogP) is 1.06. The molecule has 3 unspecified atom stereocenters. The molecule has 12 heteroatoms. The fourth-order valence-electron chi connectivity index (χ4n) is 5.59. The van der Waals surface area contributed by atoms with Gasteiger partial charge in [-0.15, -0.1) is 0 Å². The first-order valence-electron chi connectivity index (χ1n) is 13.3. The van der Waals surface area contributed by atoms with E-state index in [9.17, 15) is 22.8 Å². The van der Waals surface area contributed by atoms with Crippen molar-refractivity contribution in [1.29, 1.82) is 0 Å². The summed E-state index contributed by atoms with van der Waals surface area (Å²) < 4.78 is 33.0. The van der Waals surface area contributed by atoms with E-state index in [0.717, 1.165) is 18.8 Å². The number of fused-ring (bicyclic) bond motifs is 1. The van der Waals surface area contributed by atoms with Gasteiger partial charge in [-0.3, -0.25) is 14.4 Å². The minimum Gasteiger partial charge on any atom is -0.378 e. The number of Topliss-reactive ketones (excluding diaryl/α,β-unsaturated/α-hetero) is 1. The van der Waals surface area contributed by atoms with Crippen LogP contribution in [0.5, 0.6) is 0 Å². The van der Waals surface area contributed by atoms with Crippen LogP contribution in [0.4, 0.5) is 5.69 Å². The second-order valence-electron chi connectivity index (χ2n) is 9.98. The smallest absolute Gasteiger partial charge is 0.261 e. The minimum absolute atomic E-state index is 0.126. The molecule has 2 amide bonds. The van der Waals surface area contributed by atoms with Crippen LogP contribution in [0.15, 0.2) is 53.7 Å². The van der Waals surface area contributed by atoms with Gasteiger partial charge in [0.2, 0.25) is 5.91 Å². The van der Waals surface area contributed by atoms with Crippen molar-refractivity contribution in [3.8, 4) is 0 Å². The lowest BCUT2D eigenvalue weighted by molar-refractivity contribution is -0.138. The molecular formula is C27H33N5O6S. The van der Waals surface area contributed by atoms with E-state index in [1.807, 2.05) is 19.1 Å². The third-order valence-corrected chi connectivity index (χ3v) is 9.35. The number of ketones is 1. The number of morpholine rings is 1. The molecule has 3 aliphatic heterocycles. The van der Waals surface area contributed by atoms with Crippen LogP contribution in [-0.2, 0) is 24.3 Å². The molecule has 208 valence electrons. The summed E-state index contributed by atoms with van der Waals surface area (Å²) in [7, 11) is -3.99. The number of carbonyl (C=O) groups excluding carboxylic acids is 3. The van der Waals surface area contributed by atoms with Gasteiger partial charge in [-0.2, -0.15) is 4.31 Å². The van der Waals surface area contributed by atoms with Crippen molar-refractivity contribution >= 4 is 33.3 Å². The van der Waals surface area contributed by atoms with Crippen LogP contribution in [0.2, 0.25) is 0 Å². The zero-order valence-corrected chi connectivity index (χ0v) is 22.7. The average molecular weight is 556 g/mol. The largest absolute Gasteiger partial charge is 0.378 e. The predicted molar refractivity (Wildman–Crippen MR) is 143 cm³/mol. The Balaban J connectivity index is 1.28. The highest BCUT2D eigenvalue weighted by molar-refractivity contribution is 7.89. The van der Waals surface area contributed by atoms with E-state index in [2.05, 4.69) is 15.2 Å². The van der Waals surface area contributed by atoms with Gasteiger partial charge in [0, 0.05) is 37.1 Å². The lowest BCUT2D eigenvalue weighted by atomic mass is 10.1. The lowest BCUT2D eigenvalue weighted by Gasteiger charge is -2.29. The molecule has 0 aliphatic carbocycles. The fourth-order valence-corrected chi connectivity index (χ4v) is 7.15. The van der Waals surface area contributed by atoms with E-state index in [1.165, 1.54) is 21.5 Å². The highest BCUT2D eigenvalue weighted by Crippen LogP contribution is 2.34. The number of nitrogens with zero attached hydrogens (tertiary/aromatic N) is 4. The number of benzene rings is 1. The molecule has 4 heterocycles. The van der Waals surface area contributed by atoms with Gasteiger partial charge >= 0.3 is 0 Å². The molecular weight excluding hydrogens is 522 g/mol. The van der Waals surface area contributed by atoms with E-state index in [1.54, 1.807) is 24.3 Å². The van der Waals surface area contributed by atoms with Crippen molar-refractivity contribution < 1.29 is 27.5 Å². The summed E-state index contributed by atoms with van der Waals surface area (Å²) in [5.41, 5.74) is 1.44. The highest BCUT2D eigenvalue weighted by atomic mass is 32.2. The Morgan fingerprint density at radius 1 is 1.10 bits per heavy atom. The summed E-state index contributed by atoms with van der Waals surface area (Å²) in [5, 5.41) is 2.73. The average Bonchev–Trinajstić information content (AvgIpc) is 3.55. The minimum atomic E-state index is -3.99. The van der Waals surface area contributed by atoms with Gasteiger partial charge < -0.3 is 19.9 Å². The number of sulfonamides is 1. The fraction of sp³-hybridized carbons (Fsp3) is 0.481. The number of rotatable bonds is 8. The number of pyridine rings is 1. The van der Waals surface area contributed by atoms with Crippen LogP contribution in [0.3, 0.4) is 0 Å². The summed E-state index contributed by atoms with van der Waals surface area (Å²) in [6, 6.07) is 9.48. The summed E-state index contributed by atoms with van der Waals surface area (Å²) in [4.78, 5) is 47.3. The zero-order chi connectivity index (χ0) is 27.6. The van der Waals surface area contributed by atoms with Gasteiger partial charge in [0.15, 0.2) is 10.8 Å². The molecule has 0 radical (unpaired) electrons. The first-order chi connectivity index (χ1) is 18.8. The van der Waals surface area contributed by atoms with Crippen LogP contribution in [-0.4, -0.2) is 97.7 Å². The summed E-state index contributed by atoms with van der Waals surface area (Å²) in [6.45, 7) is 4.74. The first kappa shape index (κ1) is 27.2. The van der Waals surface area contributed by atoms with Gasteiger partial charge in [0.05, 0.1) is 25.8 Å². The number of likely N-dealkylation sites (tertiary alicyclic amines) is 1. The molecule has 3 saturated heterocycles. The van der Waals surface area contributed by atoms with Crippen molar-refractivity contribution in [2.24, 2.45) is 0 Å². The third kappa shape index (κ3) is 5.41. The maximum Gasteiger partial charge on any atom is 0.261 e. The molecule has 1 N–H and O–H groups in total. The quantitative estimate of drug-likeness (QED) is 0.512. The zero-order valence-electron chi connectivity index (χ0n) is 21.9. The molecule has 0 spiro atoms. The maximum atomic E-state index is 13.6. The third-order valence-electron chi connectivity index (χ3n) is 7.56.